The van der Waals surface area contributed by atoms with E-state index in [1.807, 2.05) is 0 Å². The van der Waals surface area contributed by atoms with Gasteiger partial charge in [-0.15, -0.1) is 0 Å². The zero-order valence-corrected chi connectivity index (χ0v) is 12.2. The van der Waals surface area contributed by atoms with Crippen LogP contribution in [-0.2, 0) is 4.74 Å². The average molecular weight is 257 g/mol. The number of hydrogen-bond acceptors (Lipinski definition) is 3. The van der Waals surface area contributed by atoms with E-state index in [0.717, 1.165) is 25.5 Å². The molecule has 2 saturated heterocycles. The molecule has 1 N–H and O–H groups in total. The zero-order chi connectivity index (χ0) is 12.1. The largest absolute Gasteiger partial charge is 0.375 e. The van der Waals surface area contributed by atoms with Crippen LogP contribution in [0.4, 0.5) is 0 Å². The van der Waals surface area contributed by atoms with Crippen molar-refractivity contribution in [3.05, 3.63) is 0 Å². The van der Waals surface area contributed by atoms with Crippen molar-refractivity contribution < 1.29 is 4.74 Å². The fraction of sp³-hybridized carbons (Fsp3) is 1.00. The molecule has 0 saturated carbocycles. The Balaban J connectivity index is 1.84. The maximum atomic E-state index is 6.04. The van der Waals surface area contributed by atoms with E-state index in [-0.39, 0.29) is 5.60 Å². The molecular formula is C14H27NOS. The summed E-state index contributed by atoms with van der Waals surface area (Å²) < 4.78 is 6.04. The van der Waals surface area contributed by atoms with Gasteiger partial charge in [-0.2, -0.15) is 11.8 Å². The monoisotopic (exact) mass is 257 g/mol. The number of ether oxygens (including phenoxy) is 1. The van der Waals surface area contributed by atoms with Crippen LogP contribution in [0.3, 0.4) is 0 Å². The minimum absolute atomic E-state index is 0.166. The highest BCUT2D eigenvalue weighted by molar-refractivity contribution is 7.99. The first-order valence-corrected chi connectivity index (χ1v) is 8.41. The molecule has 0 aromatic rings. The van der Waals surface area contributed by atoms with Crippen molar-refractivity contribution in [3.8, 4) is 0 Å². The Morgan fingerprint density at radius 2 is 1.82 bits per heavy atom. The lowest BCUT2D eigenvalue weighted by Crippen LogP contribution is -2.50. The lowest BCUT2D eigenvalue weighted by Gasteiger charge is -2.42. The molecule has 2 nitrogen and oxygen atoms in total. The molecule has 0 aromatic carbocycles. The number of rotatable bonds is 4. The predicted molar refractivity (Wildman–Crippen MR) is 75.8 cm³/mol. The molecular weight excluding hydrogens is 230 g/mol. The van der Waals surface area contributed by atoms with Crippen LogP contribution in [0.15, 0.2) is 0 Å². The Bertz CT molecular complexity index is 224. The maximum Gasteiger partial charge on any atom is 0.0692 e. The van der Waals surface area contributed by atoms with E-state index < -0.39 is 0 Å². The quantitative estimate of drug-likeness (QED) is 0.835. The Morgan fingerprint density at radius 3 is 2.47 bits per heavy atom. The van der Waals surface area contributed by atoms with E-state index >= 15 is 0 Å². The number of thioether (sulfide) groups is 1. The molecule has 1 atom stereocenters. The third kappa shape index (κ3) is 3.62. The second-order valence-corrected chi connectivity index (χ2v) is 6.71. The summed E-state index contributed by atoms with van der Waals surface area (Å²) in [4.78, 5) is 0. The molecule has 2 heterocycles. The van der Waals surface area contributed by atoms with Gasteiger partial charge in [-0.05, 0) is 50.0 Å². The van der Waals surface area contributed by atoms with Gasteiger partial charge in [-0.1, -0.05) is 13.8 Å². The normalized spacial score (nSPS) is 30.4. The fourth-order valence-corrected chi connectivity index (χ4v) is 4.22. The van der Waals surface area contributed by atoms with Gasteiger partial charge in [0.15, 0.2) is 0 Å². The Labute approximate surface area is 110 Å². The molecule has 0 aromatic heterocycles. The summed E-state index contributed by atoms with van der Waals surface area (Å²) >= 11 is 2.10. The summed E-state index contributed by atoms with van der Waals surface area (Å²) in [6.45, 7) is 5.48. The van der Waals surface area contributed by atoms with Gasteiger partial charge in [0.05, 0.1) is 5.60 Å². The molecule has 1 unspecified atom stereocenters. The van der Waals surface area contributed by atoms with Crippen LogP contribution in [0, 0.1) is 0 Å². The van der Waals surface area contributed by atoms with Gasteiger partial charge < -0.3 is 10.1 Å². The highest BCUT2D eigenvalue weighted by Crippen LogP contribution is 2.32. The molecule has 2 aliphatic rings. The second-order valence-electron chi connectivity index (χ2n) is 5.48. The van der Waals surface area contributed by atoms with Gasteiger partial charge in [0, 0.05) is 18.7 Å². The zero-order valence-electron chi connectivity index (χ0n) is 11.3. The molecule has 0 bridgehead atoms. The van der Waals surface area contributed by atoms with E-state index in [9.17, 15) is 0 Å². The van der Waals surface area contributed by atoms with Gasteiger partial charge in [-0.3, -0.25) is 0 Å². The summed E-state index contributed by atoms with van der Waals surface area (Å²) in [6, 6.07) is 1.46. The summed E-state index contributed by atoms with van der Waals surface area (Å²) in [5, 5.41) is 3.89. The Morgan fingerprint density at radius 1 is 1.12 bits per heavy atom. The van der Waals surface area contributed by atoms with Gasteiger partial charge >= 0.3 is 0 Å². The fourth-order valence-electron chi connectivity index (χ4n) is 3.11. The lowest BCUT2D eigenvalue weighted by atomic mass is 9.85. The van der Waals surface area contributed by atoms with Crippen molar-refractivity contribution in [1.29, 1.82) is 0 Å². The topological polar surface area (TPSA) is 21.3 Å². The number of hydrogen-bond donors (Lipinski definition) is 1. The summed E-state index contributed by atoms with van der Waals surface area (Å²) in [6.07, 6.45) is 7.43. The SMILES string of the molecule is CCC1(CC)CC(NC2CCSCC2)CCO1. The Kier molecular flexibility index (Phi) is 5.19. The van der Waals surface area contributed by atoms with E-state index in [0.29, 0.717) is 6.04 Å². The van der Waals surface area contributed by atoms with Crippen molar-refractivity contribution in [3.63, 3.8) is 0 Å². The van der Waals surface area contributed by atoms with Crippen molar-refractivity contribution in [1.82, 2.24) is 5.32 Å². The van der Waals surface area contributed by atoms with Crippen molar-refractivity contribution in [2.45, 2.75) is 70.1 Å². The molecule has 17 heavy (non-hydrogen) atoms. The van der Waals surface area contributed by atoms with Crippen LogP contribution in [0.25, 0.3) is 0 Å². The lowest BCUT2D eigenvalue weighted by molar-refractivity contribution is -0.0941. The first-order valence-electron chi connectivity index (χ1n) is 7.26. The summed E-state index contributed by atoms with van der Waals surface area (Å²) in [5.41, 5.74) is 0.166. The van der Waals surface area contributed by atoms with Crippen LogP contribution < -0.4 is 5.32 Å². The maximum absolute atomic E-state index is 6.04. The van der Waals surface area contributed by atoms with Gasteiger partial charge in [-0.25, -0.2) is 0 Å². The first-order chi connectivity index (χ1) is 8.28. The standard InChI is InChI=1S/C14H27NOS/c1-3-14(4-2)11-13(5-8-16-14)15-12-6-9-17-10-7-12/h12-13,15H,3-11H2,1-2H3. The summed E-state index contributed by atoms with van der Waals surface area (Å²) in [5.74, 6) is 2.68. The average Bonchev–Trinajstić information content (AvgIpc) is 2.40. The third-order valence-corrected chi connectivity index (χ3v) is 5.52. The number of nitrogens with one attached hydrogen (secondary N) is 1. The van der Waals surface area contributed by atoms with Crippen LogP contribution in [0.5, 0.6) is 0 Å². The summed E-state index contributed by atoms with van der Waals surface area (Å²) in [7, 11) is 0. The predicted octanol–water partition coefficient (Wildman–Crippen LogP) is 3.21. The smallest absolute Gasteiger partial charge is 0.0692 e. The molecule has 2 aliphatic heterocycles. The highest BCUT2D eigenvalue weighted by Gasteiger charge is 2.35. The van der Waals surface area contributed by atoms with Gasteiger partial charge in [0.2, 0.25) is 0 Å². The van der Waals surface area contributed by atoms with Crippen molar-refractivity contribution in [2.75, 3.05) is 18.1 Å². The molecule has 0 aliphatic carbocycles. The molecule has 0 amide bonds. The Hall–Kier alpha value is 0.270. The van der Waals surface area contributed by atoms with Gasteiger partial charge in [0.1, 0.15) is 0 Å². The molecule has 100 valence electrons. The van der Waals surface area contributed by atoms with E-state index in [1.54, 1.807) is 0 Å². The van der Waals surface area contributed by atoms with Gasteiger partial charge in [0.25, 0.3) is 0 Å². The molecule has 3 heteroatoms. The van der Waals surface area contributed by atoms with E-state index in [4.69, 9.17) is 4.74 Å². The van der Waals surface area contributed by atoms with Crippen molar-refractivity contribution in [2.24, 2.45) is 0 Å². The minimum Gasteiger partial charge on any atom is -0.375 e. The van der Waals surface area contributed by atoms with Crippen LogP contribution in [0.2, 0.25) is 0 Å². The first kappa shape index (κ1) is 13.7. The van der Waals surface area contributed by atoms with Crippen LogP contribution >= 0.6 is 11.8 Å². The van der Waals surface area contributed by atoms with Crippen LogP contribution in [-0.4, -0.2) is 35.8 Å². The molecule has 2 rings (SSSR count). The molecule has 0 spiro atoms. The minimum atomic E-state index is 0.166. The van der Waals surface area contributed by atoms with Crippen molar-refractivity contribution >= 4 is 11.8 Å². The highest BCUT2D eigenvalue weighted by atomic mass is 32.2. The second kappa shape index (κ2) is 6.44. The molecule has 0 radical (unpaired) electrons. The van der Waals surface area contributed by atoms with Crippen LogP contribution in [0.1, 0.15) is 52.4 Å². The third-order valence-electron chi connectivity index (χ3n) is 4.47. The molecule has 2 fully saturated rings. The van der Waals surface area contributed by atoms with E-state index in [1.165, 1.54) is 37.2 Å². The van der Waals surface area contributed by atoms with E-state index in [2.05, 4.69) is 30.9 Å².